The summed E-state index contributed by atoms with van der Waals surface area (Å²) in [5.41, 5.74) is 2.74. The monoisotopic (exact) mass is 395 g/mol. The Morgan fingerprint density at radius 3 is 2.77 bits per heavy atom. The highest BCUT2D eigenvalue weighted by molar-refractivity contribution is 5.99. The summed E-state index contributed by atoms with van der Waals surface area (Å²) in [7, 11) is 0. The van der Waals surface area contributed by atoms with Crippen molar-refractivity contribution in [2.45, 2.75) is 18.9 Å². The molecule has 0 saturated carbocycles. The average Bonchev–Trinajstić information content (AvgIpc) is 2.79. The van der Waals surface area contributed by atoms with E-state index in [0.717, 1.165) is 27.6 Å². The molecule has 5 nitrogen and oxygen atoms in total. The van der Waals surface area contributed by atoms with Gasteiger partial charge in [-0.2, -0.15) is 0 Å². The number of aryl methyl sites for hydroxylation is 1. The Balaban J connectivity index is 1.61. The molecule has 5 rings (SSSR count). The van der Waals surface area contributed by atoms with Crippen molar-refractivity contribution in [2.75, 3.05) is 6.61 Å². The lowest BCUT2D eigenvalue weighted by Crippen LogP contribution is -2.50. The number of hydrogen-bond acceptors (Lipinski definition) is 4. The summed E-state index contributed by atoms with van der Waals surface area (Å²) < 4.78 is 5.85. The third-order valence-corrected chi connectivity index (χ3v) is 5.68. The van der Waals surface area contributed by atoms with Crippen LogP contribution >= 0.6 is 0 Å². The van der Waals surface area contributed by atoms with Crippen LogP contribution in [0.15, 0.2) is 79.3 Å². The van der Waals surface area contributed by atoms with E-state index in [1.807, 2.05) is 36.4 Å². The molecule has 30 heavy (non-hydrogen) atoms. The van der Waals surface area contributed by atoms with Crippen LogP contribution in [0.3, 0.4) is 0 Å². The summed E-state index contributed by atoms with van der Waals surface area (Å²) in [5, 5.41) is 5.29. The van der Waals surface area contributed by atoms with E-state index in [4.69, 9.17) is 4.74 Å². The van der Waals surface area contributed by atoms with Gasteiger partial charge in [-0.25, -0.2) is 0 Å². The maximum absolute atomic E-state index is 13.4. The van der Waals surface area contributed by atoms with Gasteiger partial charge in [-0.3, -0.25) is 14.8 Å². The summed E-state index contributed by atoms with van der Waals surface area (Å²) in [4.78, 5) is 22.2. The molecule has 1 N–H and O–H groups in total. The zero-order chi connectivity index (χ0) is 20.6. The van der Waals surface area contributed by atoms with Crippen molar-refractivity contribution in [1.29, 1.82) is 0 Å². The number of carbonyl (C=O) groups is 1. The van der Waals surface area contributed by atoms with Crippen molar-refractivity contribution >= 4 is 16.7 Å². The zero-order valence-electron chi connectivity index (χ0n) is 16.6. The van der Waals surface area contributed by atoms with Crippen molar-refractivity contribution in [2.24, 2.45) is 0 Å². The number of benzene rings is 2. The molecular weight excluding hydrogens is 374 g/mol. The SMILES string of the molecule is Cc1ccc([C@@]2(NC(=O)c3ccc4cnccc4c3)CCOc3cccnc32)cc1. The smallest absolute Gasteiger partial charge is 0.252 e. The molecule has 1 amide bonds. The van der Waals surface area contributed by atoms with E-state index in [2.05, 4.69) is 46.5 Å². The Kier molecular flexibility index (Phi) is 4.43. The number of amides is 1. The van der Waals surface area contributed by atoms with E-state index >= 15 is 0 Å². The van der Waals surface area contributed by atoms with Crippen LogP contribution in [0.5, 0.6) is 5.75 Å². The van der Waals surface area contributed by atoms with E-state index < -0.39 is 5.54 Å². The molecule has 3 heterocycles. The Labute approximate surface area is 174 Å². The second kappa shape index (κ2) is 7.26. The van der Waals surface area contributed by atoms with Gasteiger partial charge in [0.05, 0.1) is 6.61 Å². The van der Waals surface area contributed by atoms with Gasteiger partial charge >= 0.3 is 0 Å². The van der Waals surface area contributed by atoms with Crippen molar-refractivity contribution < 1.29 is 9.53 Å². The minimum absolute atomic E-state index is 0.146. The van der Waals surface area contributed by atoms with Crippen molar-refractivity contribution in [3.05, 3.63) is 102 Å². The number of aromatic nitrogens is 2. The van der Waals surface area contributed by atoms with E-state index in [-0.39, 0.29) is 5.91 Å². The van der Waals surface area contributed by atoms with E-state index in [1.54, 1.807) is 18.6 Å². The van der Waals surface area contributed by atoms with Gasteiger partial charge in [-0.05, 0) is 48.2 Å². The lowest BCUT2D eigenvalue weighted by Gasteiger charge is -2.39. The number of carbonyl (C=O) groups excluding carboxylic acids is 1. The number of fused-ring (bicyclic) bond motifs is 2. The molecule has 0 unspecified atom stereocenters. The van der Waals surface area contributed by atoms with Crippen molar-refractivity contribution in [3.8, 4) is 5.75 Å². The fraction of sp³-hybridized carbons (Fsp3) is 0.160. The van der Waals surface area contributed by atoms with E-state index in [9.17, 15) is 4.79 Å². The summed E-state index contributed by atoms with van der Waals surface area (Å²) in [6, 6.07) is 19.6. The molecule has 2 aromatic carbocycles. The van der Waals surface area contributed by atoms with Gasteiger partial charge in [0, 0.05) is 36.0 Å². The fourth-order valence-electron chi connectivity index (χ4n) is 4.06. The predicted octanol–water partition coefficient (Wildman–Crippen LogP) is 4.39. The Morgan fingerprint density at radius 2 is 1.90 bits per heavy atom. The molecule has 1 aliphatic rings. The van der Waals surface area contributed by atoms with Gasteiger partial charge in [0.25, 0.3) is 5.91 Å². The first-order valence-electron chi connectivity index (χ1n) is 9.97. The van der Waals surface area contributed by atoms with Crippen LogP contribution in [0.2, 0.25) is 0 Å². The maximum Gasteiger partial charge on any atom is 0.252 e. The fourth-order valence-corrected chi connectivity index (χ4v) is 4.06. The highest BCUT2D eigenvalue weighted by Crippen LogP contribution is 2.40. The Hall–Kier alpha value is -3.73. The second-order valence-corrected chi connectivity index (χ2v) is 7.61. The van der Waals surface area contributed by atoms with Crippen molar-refractivity contribution in [1.82, 2.24) is 15.3 Å². The first-order chi connectivity index (χ1) is 14.7. The number of ether oxygens (including phenoxy) is 1. The molecule has 0 aliphatic carbocycles. The molecule has 148 valence electrons. The molecule has 0 fully saturated rings. The van der Waals surface area contributed by atoms with E-state index in [0.29, 0.717) is 24.3 Å². The molecular formula is C25H21N3O2. The zero-order valence-corrected chi connectivity index (χ0v) is 16.6. The van der Waals surface area contributed by atoms with Gasteiger partial charge in [0.15, 0.2) is 0 Å². The third kappa shape index (κ3) is 3.08. The number of hydrogen-bond donors (Lipinski definition) is 1. The van der Waals surface area contributed by atoms with Crippen LogP contribution in [-0.2, 0) is 5.54 Å². The van der Waals surface area contributed by atoms with Crippen LogP contribution in [-0.4, -0.2) is 22.5 Å². The lowest BCUT2D eigenvalue weighted by atomic mass is 9.81. The highest BCUT2D eigenvalue weighted by atomic mass is 16.5. The Bertz CT molecular complexity index is 1240. The van der Waals surface area contributed by atoms with E-state index in [1.165, 1.54) is 0 Å². The molecule has 0 bridgehead atoms. The van der Waals surface area contributed by atoms with Gasteiger partial charge in [0.1, 0.15) is 17.0 Å². The van der Waals surface area contributed by atoms with Crippen LogP contribution in [0.1, 0.15) is 33.6 Å². The summed E-state index contributed by atoms with van der Waals surface area (Å²) in [6.07, 6.45) is 5.87. The molecule has 0 radical (unpaired) electrons. The minimum atomic E-state index is -0.757. The number of nitrogens with one attached hydrogen (secondary N) is 1. The molecule has 5 heteroatoms. The average molecular weight is 395 g/mol. The van der Waals surface area contributed by atoms with Gasteiger partial charge in [0.2, 0.25) is 0 Å². The van der Waals surface area contributed by atoms with Crippen LogP contribution in [0.25, 0.3) is 10.8 Å². The van der Waals surface area contributed by atoms with Crippen LogP contribution < -0.4 is 10.1 Å². The number of rotatable bonds is 3. The molecule has 1 atom stereocenters. The number of pyridine rings is 2. The van der Waals surface area contributed by atoms with Crippen LogP contribution in [0.4, 0.5) is 0 Å². The third-order valence-electron chi connectivity index (χ3n) is 5.68. The topological polar surface area (TPSA) is 64.1 Å². The van der Waals surface area contributed by atoms with Gasteiger partial charge < -0.3 is 10.1 Å². The Morgan fingerprint density at radius 1 is 1.03 bits per heavy atom. The first-order valence-corrected chi connectivity index (χ1v) is 9.97. The number of nitrogens with zero attached hydrogens (tertiary/aromatic N) is 2. The molecule has 4 aromatic rings. The normalized spacial score (nSPS) is 17.8. The summed E-state index contributed by atoms with van der Waals surface area (Å²) in [6.45, 7) is 2.55. The van der Waals surface area contributed by atoms with Crippen LogP contribution in [0, 0.1) is 6.92 Å². The van der Waals surface area contributed by atoms with Crippen molar-refractivity contribution in [3.63, 3.8) is 0 Å². The largest absolute Gasteiger partial charge is 0.491 e. The maximum atomic E-state index is 13.4. The highest BCUT2D eigenvalue weighted by Gasteiger charge is 2.42. The first kappa shape index (κ1) is 18.3. The quantitative estimate of drug-likeness (QED) is 0.559. The predicted molar refractivity (Wildman–Crippen MR) is 116 cm³/mol. The molecule has 0 spiro atoms. The van der Waals surface area contributed by atoms with Gasteiger partial charge in [-0.15, -0.1) is 0 Å². The standard InChI is InChI=1S/C25H21N3O2/c1-17-4-8-21(9-5-17)25(11-14-30-22-3-2-12-27-23(22)25)28-24(29)19-6-7-20-16-26-13-10-18(20)15-19/h2-10,12-13,15-16H,11,14H2,1H3,(H,28,29)/t25-/m0/s1. The second-order valence-electron chi connectivity index (χ2n) is 7.61. The lowest BCUT2D eigenvalue weighted by molar-refractivity contribution is 0.0884. The molecule has 2 aromatic heterocycles. The molecule has 0 saturated heterocycles. The summed E-state index contributed by atoms with van der Waals surface area (Å²) in [5.74, 6) is 0.557. The van der Waals surface area contributed by atoms with Gasteiger partial charge in [-0.1, -0.05) is 35.9 Å². The minimum Gasteiger partial charge on any atom is -0.491 e. The molecule has 1 aliphatic heterocycles. The summed E-state index contributed by atoms with van der Waals surface area (Å²) >= 11 is 0.